The Balaban J connectivity index is 2.21. The fourth-order valence-electron chi connectivity index (χ4n) is 1.72. The third-order valence-electron chi connectivity index (χ3n) is 2.54. The Bertz CT molecular complexity index is 257. The molecule has 0 aliphatic heterocycles. The van der Waals surface area contributed by atoms with E-state index in [1.165, 1.54) is 0 Å². The van der Waals surface area contributed by atoms with Crippen LogP contribution in [0.2, 0.25) is 0 Å². The minimum Gasteiger partial charge on any atom is -0.396 e. The van der Waals surface area contributed by atoms with Crippen molar-refractivity contribution in [1.82, 2.24) is 4.72 Å². The van der Waals surface area contributed by atoms with E-state index < -0.39 is 10.0 Å². The molecular formula is C9H19NO3S. The maximum Gasteiger partial charge on any atom is 0.211 e. The van der Waals surface area contributed by atoms with E-state index >= 15 is 0 Å². The molecule has 0 unspecified atom stereocenters. The summed E-state index contributed by atoms with van der Waals surface area (Å²) in [6, 6.07) is 0.157. The zero-order valence-electron chi connectivity index (χ0n) is 8.57. The fraction of sp³-hybridized carbons (Fsp3) is 1.00. The van der Waals surface area contributed by atoms with Crippen LogP contribution in [-0.2, 0) is 10.0 Å². The summed E-state index contributed by atoms with van der Waals surface area (Å²) in [5.41, 5.74) is 0. The van der Waals surface area contributed by atoms with E-state index in [1.54, 1.807) is 0 Å². The average molecular weight is 221 g/mol. The van der Waals surface area contributed by atoms with Crippen LogP contribution in [0.1, 0.15) is 32.6 Å². The van der Waals surface area contributed by atoms with Crippen LogP contribution in [0.25, 0.3) is 0 Å². The largest absolute Gasteiger partial charge is 0.396 e. The van der Waals surface area contributed by atoms with Gasteiger partial charge in [-0.2, -0.15) is 0 Å². The van der Waals surface area contributed by atoms with Gasteiger partial charge in [0.05, 0.1) is 5.75 Å². The second-order valence-electron chi connectivity index (χ2n) is 4.14. The summed E-state index contributed by atoms with van der Waals surface area (Å²) < 4.78 is 25.5. The monoisotopic (exact) mass is 221 g/mol. The van der Waals surface area contributed by atoms with Crippen molar-refractivity contribution in [2.24, 2.45) is 5.92 Å². The van der Waals surface area contributed by atoms with Gasteiger partial charge < -0.3 is 5.11 Å². The molecule has 0 aromatic rings. The highest BCUT2D eigenvalue weighted by Crippen LogP contribution is 2.26. The van der Waals surface area contributed by atoms with Gasteiger partial charge in [0.2, 0.25) is 10.0 Å². The van der Waals surface area contributed by atoms with Crippen molar-refractivity contribution in [3.63, 3.8) is 0 Å². The smallest absolute Gasteiger partial charge is 0.211 e. The lowest BCUT2D eigenvalue weighted by atomic mass is 9.83. The first-order chi connectivity index (χ1) is 6.53. The predicted molar refractivity (Wildman–Crippen MR) is 55.4 cm³/mol. The van der Waals surface area contributed by atoms with Crippen molar-refractivity contribution in [3.8, 4) is 0 Å². The quantitative estimate of drug-likeness (QED) is 0.641. The topological polar surface area (TPSA) is 66.4 Å². The molecule has 0 atom stereocenters. The van der Waals surface area contributed by atoms with Crippen molar-refractivity contribution in [2.75, 3.05) is 12.4 Å². The molecule has 0 bridgehead atoms. The number of hydrogen-bond donors (Lipinski definition) is 2. The van der Waals surface area contributed by atoms with Crippen LogP contribution in [0.3, 0.4) is 0 Å². The van der Waals surface area contributed by atoms with E-state index in [0.717, 1.165) is 12.8 Å². The van der Waals surface area contributed by atoms with Crippen LogP contribution < -0.4 is 4.72 Å². The standard InChI is InChI=1S/C9H19NO3S/c1-8-6-9(7-8)10-14(12,13)5-3-2-4-11/h8-11H,2-7H2,1H3. The van der Waals surface area contributed by atoms with Gasteiger partial charge in [0.25, 0.3) is 0 Å². The molecule has 1 saturated carbocycles. The van der Waals surface area contributed by atoms with Crippen molar-refractivity contribution >= 4 is 10.0 Å². The SMILES string of the molecule is CC1CC(NS(=O)(=O)CCCCO)C1. The molecule has 84 valence electrons. The molecule has 0 spiro atoms. The zero-order chi connectivity index (χ0) is 10.6. The molecule has 0 aromatic carbocycles. The molecule has 0 heterocycles. The van der Waals surface area contributed by atoms with Gasteiger partial charge in [-0.1, -0.05) is 6.92 Å². The van der Waals surface area contributed by atoms with E-state index in [-0.39, 0.29) is 18.4 Å². The second-order valence-corrected chi connectivity index (χ2v) is 6.01. The second kappa shape index (κ2) is 5.09. The van der Waals surface area contributed by atoms with Gasteiger partial charge in [0.15, 0.2) is 0 Å². The molecule has 5 heteroatoms. The molecule has 1 aliphatic rings. The Kier molecular flexibility index (Phi) is 4.34. The zero-order valence-corrected chi connectivity index (χ0v) is 9.39. The highest BCUT2D eigenvalue weighted by Gasteiger charge is 2.28. The fourth-order valence-corrected chi connectivity index (χ4v) is 3.12. The van der Waals surface area contributed by atoms with Crippen LogP contribution in [0.5, 0.6) is 0 Å². The number of aliphatic hydroxyl groups is 1. The third-order valence-corrected chi connectivity index (χ3v) is 4.06. The molecule has 0 radical (unpaired) electrons. The van der Waals surface area contributed by atoms with E-state index in [0.29, 0.717) is 18.8 Å². The average Bonchev–Trinajstić information content (AvgIpc) is 2.01. The molecule has 14 heavy (non-hydrogen) atoms. The summed E-state index contributed by atoms with van der Waals surface area (Å²) in [6.07, 6.45) is 3.01. The summed E-state index contributed by atoms with van der Waals surface area (Å²) in [5, 5.41) is 8.52. The Morgan fingerprint density at radius 1 is 1.36 bits per heavy atom. The van der Waals surface area contributed by atoms with Crippen molar-refractivity contribution in [1.29, 1.82) is 0 Å². The van der Waals surface area contributed by atoms with Crippen molar-refractivity contribution in [3.05, 3.63) is 0 Å². The molecule has 0 amide bonds. The molecule has 1 aliphatic carbocycles. The Morgan fingerprint density at radius 3 is 2.50 bits per heavy atom. The lowest BCUT2D eigenvalue weighted by molar-refractivity contribution is 0.269. The van der Waals surface area contributed by atoms with E-state index in [2.05, 4.69) is 11.6 Å². The summed E-state index contributed by atoms with van der Waals surface area (Å²) in [5.74, 6) is 0.790. The Morgan fingerprint density at radius 2 is 2.00 bits per heavy atom. The van der Waals surface area contributed by atoms with Gasteiger partial charge in [-0.25, -0.2) is 13.1 Å². The highest BCUT2D eigenvalue weighted by atomic mass is 32.2. The van der Waals surface area contributed by atoms with Crippen molar-refractivity contribution in [2.45, 2.75) is 38.6 Å². The Hall–Kier alpha value is -0.130. The number of hydrogen-bond acceptors (Lipinski definition) is 3. The van der Waals surface area contributed by atoms with Crippen LogP contribution in [0, 0.1) is 5.92 Å². The lowest BCUT2D eigenvalue weighted by Crippen LogP contribution is -2.44. The summed E-state index contributed by atoms with van der Waals surface area (Å²) in [6.45, 7) is 2.19. The van der Waals surface area contributed by atoms with Gasteiger partial charge in [-0.3, -0.25) is 0 Å². The van der Waals surface area contributed by atoms with Gasteiger partial charge in [0, 0.05) is 12.6 Å². The minimum atomic E-state index is -3.10. The molecule has 4 nitrogen and oxygen atoms in total. The molecule has 2 N–H and O–H groups in total. The minimum absolute atomic E-state index is 0.0655. The molecular weight excluding hydrogens is 202 g/mol. The number of aliphatic hydroxyl groups excluding tert-OH is 1. The molecule has 1 fully saturated rings. The third kappa shape index (κ3) is 3.94. The predicted octanol–water partition coefficient (Wildman–Crippen LogP) is 0.477. The number of rotatable bonds is 6. The number of unbranched alkanes of at least 4 members (excludes halogenated alkanes) is 1. The molecule has 0 aromatic heterocycles. The molecule has 1 rings (SSSR count). The van der Waals surface area contributed by atoms with Crippen LogP contribution in [0.15, 0.2) is 0 Å². The summed E-state index contributed by atoms with van der Waals surface area (Å²) in [7, 11) is -3.10. The van der Waals surface area contributed by atoms with Crippen LogP contribution in [-0.4, -0.2) is 31.9 Å². The highest BCUT2D eigenvalue weighted by molar-refractivity contribution is 7.89. The molecule has 0 saturated heterocycles. The maximum absolute atomic E-state index is 11.4. The lowest BCUT2D eigenvalue weighted by Gasteiger charge is -2.32. The van der Waals surface area contributed by atoms with Gasteiger partial charge >= 0.3 is 0 Å². The van der Waals surface area contributed by atoms with Gasteiger partial charge in [-0.05, 0) is 31.6 Å². The first-order valence-corrected chi connectivity index (χ1v) is 6.79. The van der Waals surface area contributed by atoms with Crippen LogP contribution >= 0.6 is 0 Å². The Labute approximate surface area is 85.8 Å². The maximum atomic E-state index is 11.4. The van der Waals surface area contributed by atoms with Gasteiger partial charge in [-0.15, -0.1) is 0 Å². The summed E-state index contributed by atoms with van der Waals surface area (Å²) in [4.78, 5) is 0. The first kappa shape index (κ1) is 11.9. The van der Waals surface area contributed by atoms with Gasteiger partial charge in [0.1, 0.15) is 0 Å². The van der Waals surface area contributed by atoms with Crippen molar-refractivity contribution < 1.29 is 13.5 Å². The normalized spacial score (nSPS) is 27.3. The van der Waals surface area contributed by atoms with E-state index in [4.69, 9.17) is 5.11 Å². The summed E-state index contributed by atoms with van der Waals surface area (Å²) >= 11 is 0. The first-order valence-electron chi connectivity index (χ1n) is 5.14. The van der Waals surface area contributed by atoms with E-state index in [9.17, 15) is 8.42 Å². The van der Waals surface area contributed by atoms with E-state index in [1.807, 2.05) is 0 Å². The number of sulfonamides is 1. The number of nitrogens with one attached hydrogen (secondary N) is 1. The van der Waals surface area contributed by atoms with Crippen LogP contribution in [0.4, 0.5) is 0 Å².